The van der Waals surface area contributed by atoms with Gasteiger partial charge in [-0.15, -0.1) is 0 Å². The fraction of sp³-hybridized carbons (Fsp3) is 0.545. The van der Waals surface area contributed by atoms with Gasteiger partial charge in [-0.2, -0.15) is 4.31 Å². The van der Waals surface area contributed by atoms with Crippen molar-refractivity contribution in [3.8, 4) is 0 Å². The Labute approximate surface area is 119 Å². The monoisotopic (exact) mass is 317 g/mol. The number of H-pyrrole nitrogens is 2. The molecule has 10 heteroatoms. The molecule has 0 radical (unpaired) electrons. The molecule has 1 unspecified atom stereocenters. The van der Waals surface area contributed by atoms with Crippen LogP contribution in [0.25, 0.3) is 0 Å². The highest BCUT2D eigenvalue weighted by Gasteiger charge is 2.35. The highest BCUT2D eigenvalue weighted by Crippen LogP contribution is 2.23. The fourth-order valence-electron chi connectivity index (χ4n) is 2.39. The van der Waals surface area contributed by atoms with Gasteiger partial charge in [0.1, 0.15) is 0 Å². The van der Waals surface area contributed by atoms with Gasteiger partial charge in [-0.25, -0.2) is 13.2 Å². The van der Waals surface area contributed by atoms with Crippen molar-refractivity contribution in [2.75, 3.05) is 13.1 Å². The van der Waals surface area contributed by atoms with Gasteiger partial charge in [0.2, 0.25) is 10.0 Å². The van der Waals surface area contributed by atoms with Gasteiger partial charge in [0.05, 0.1) is 5.92 Å². The zero-order valence-corrected chi connectivity index (χ0v) is 12.1. The largest absolute Gasteiger partial charge is 0.481 e. The molecule has 1 atom stereocenters. The Balaban J connectivity index is 2.46. The molecule has 1 aromatic heterocycles. The minimum absolute atomic E-state index is 0.0683. The number of aromatic nitrogens is 2. The number of nitrogens with zero attached hydrogens (tertiary/aromatic N) is 1. The molecular weight excluding hydrogens is 302 g/mol. The predicted molar refractivity (Wildman–Crippen MR) is 71.5 cm³/mol. The normalized spacial score (nSPS) is 20.3. The number of carboxylic acids is 1. The van der Waals surface area contributed by atoms with E-state index in [1.54, 1.807) is 0 Å². The average molecular weight is 317 g/mol. The summed E-state index contributed by atoms with van der Waals surface area (Å²) in [5.41, 5.74) is -1.87. The molecule has 1 aliphatic heterocycles. The van der Waals surface area contributed by atoms with E-state index in [2.05, 4.69) is 4.98 Å². The minimum atomic E-state index is -4.15. The van der Waals surface area contributed by atoms with E-state index in [0.717, 1.165) is 4.31 Å². The third-order valence-corrected chi connectivity index (χ3v) is 5.43. The van der Waals surface area contributed by atoms with Crippen LogP contribution in [-0.4, -0.2) is 46.9 Å². The highest BCUT2D eigenvalue weighted by molar-refractivity contribution is 7.89. The Kier molecular flexibility index (Phi) is 4.01. The second kappa shape index (κ2) is 5.45. The maximum Gasteiger partial charge on any atom is 0.325 e. The molecule has 9 nitrogen and oxygen atoms in total. The highest BCUT2D eigenvalue weighted by atomic mass is 32.2. The summed E-state index contributed by atoms with van der Waals surface area (Å²) in [6.07, 6.45) is 0.790. The first-order valence-electron chi connectivity index (χ1n) is 6.29. The first-order chi connectivity index (χ1) is 9.73. The summed E-state index contributed by atoms with van der Waals surface area (Å²) in [7, 11) is -4.15. The lowest BCUT2D eigenvalue weighted by Crippen LogP contribution is -2.44. The number of hydrogen-bond acceptors (Lipinski definition) is 5. The van der Waals surface area contributed by atoms with E-state index in [1.807, 2.05) is 4.98 Å². The van der Waals surface area contributed by atoms with Crippen LogP contribution in [0.3, 0.4) is 0 Å². The number of carboxylic acid groups (broad SMARTS) is 1. The maximum atomic E-state index is 12.5. The topological polar surface area (TPSA) is 140 Å². The van der Waals surface area contributed by atoms with Crippen LogP contribution in [-0.2, 0) is 14.8 Å². The Morgan fingerprint density at radius 1 is 1.33 bits per heavy atom. The number of aliphatic carboxylic acids is 1. The first-order valence-corrected chi connectivity index (χ1v) is 7.73. The van der Waals surface area contributed by atoms with Crippen molar-refractivity contribution < 1.29 is 18.3 Å². The van der Waals surface area contributed by atoms with Crippen molar-refractivity contribution in [3.05, 3.63) is 26.5 Å². The molecule has 116 valence electrons. The van der Waals surface area contributed by atoms with Gasteiger partial charge in [-0.05, 0) is 19.8 Å². The molecular formula is C11H15N3O6S. The van der Waals surface area contributed by atoms with Crippen LogP contribution < -0.4 is 11.2 Å². The van der Waals surface area contributed by atoms with Crippen molar-refractivity contribution in [2.45, 2.75) is 24.7 Å². The molecule has 0 aliphatic carbocycles. The molecule has 0 aromatic carbocycles. The summed E-state index contributed by atoms with van der Waals surface area (Å²) in [5, 5.41) is 9.00. The summed E-state index contributed by atoms with van der Waals surface area (Å²) in [6, 6.07) is 0. The molecule has 2 heterocycles. The summed E-state index contributed by atoms with van der Waals surface area (Å²) >= 11 is 0. The van der Waals surface area contributed by atoms with Gasteiger partial charge in [0.15, 0.2) is 4.90 Å². The van der Waals surface area contributed by atoms with Crippen LogP contribution in [0.15, 0.2) is 14.5 Å². The SMILES string of the molecule is Cc1[nH]c(=O)[nH]c(=O)c1S(=O)(=O)N1CCCC(C(=O)O)C1. The van der Waals surface area contributed by atoms with Gasteiger partial charge < -0.3 is 10.1 Å². The lowest BCUT2D eigenvalue weighted by molar-refractivity contribution is -0.142. The van der Waals surface area contributed by atoms with E-state index in [4.69, 9.17) is 5.11 Å². The molecule has 2 rings (SSSR count). The van der Waals surface area contributed by atoms with E-state index in [-0.39, 0.29) is 18.8 Å². The van der Waals surface area contributed by atoms with Crippen LogP contribution in [0, 0.1) is 12.8 Å². The number of carbonyl (C=O) groups is 1. The lowest BCUT2D eigenvalue weighted by Gasteiger charge is -2.29. The van der Waals surface area contributed by atoms with Gasteiger partial charge in [0.25, 0.3) is 5.56 Å². The van der Waals surface area contributed by atoms with Gasteiger partial charge in [-0.1, -0.05) is 0 Å². The van der Waals surface area contributed by atoms with Crippen molar-refractivity contribution in [1.82, 2.24) is 14.3 Å². The minimum Gasteiger partial charge on any atom is -0.481 e. The number of rotatable bonds is 3. The van der Waals surface area contributed by atoms with Crippen molar-refractivity contribution in [1.29, 1.82) is 0 Å². The Morgan fingerprint density at radius 2 is 2.00 bits per heavy atom. The number of aryl methyl sites for hydroxylation is 1. The fourth-order valence-corrected chi connectivity index (χ4v) is 4.12. The summed E-state index contributed by atoms with van der Waals surface area (Å²) in [4.78, 5) is 37.4. The van der Waals surface area contributed by atoms with Crippen LogP contribution in [0.1, 0.15) is 18.5 Å². The van der Waals surface area contributed by atoms with E-state index < -0.39 is 38.1 Å². The lowest BCUT2D eigenvalue weighted by atomic mass is 10.0. The maximum absolute atomic E-state index is 12.5. The second-order valence-corrected chi connectivity index (χ2v) is 6.78. The third-order valence-electron chi connectivity index (χ3n) is 3.41. The van der Waals surface area contributed by atoms with Crippen LogP contribution in [0.5, 0.6) is 0 Å². The van der Waals surface area contributed by atoms with E-state index >= 15 is 0 Å². The molecule has 0 spiro atoms. The molecule has 3 N–H and O–H groups in total. The molecule has 21 heavy (non-hydrogen) atoms. The summed E-state index contributed by atoms with van der Waals surface area (Å²) < 4.78 is 26.0. The van der Waals surface area contributed by atoms with Gasteiger partial charge in [-0.3, -0.25) is 14.6 Å². The molecule has 1 fully saturated rings. The van der Waals surface area contributed by atoms with E-state index in [9.17, 15) is 22.8 Å². The van der Waals surface area contributed by atoms with Gasteiger partial charge >= 0.3 is 11.7 Å². The zero-order valence-electron chi connectivity index (χ0n) is 11.2. The van der Waals surface area contributed by atoms with E-state index in [1.165, 1.54) is 6.92 Å². The Hall–Kier alpha value is -1.94. The van der Waals surface area contributed by atoms with E-state index in [0.29, 0.717) is 12.8 Å². The Morgan fingerprint density at radius 3 is 2.57 bits per heavy atom. The average Bonchev–Trinajstić information content (AvgIpc) is 2.37. The predicted octanol–water partition coefficient (Wildman–Crippen LogP) is -1.14. The molecule has 1 saturated heterocycles. The first kappa shape index (κ1) is 15.4. The Bertz CT molecular complexity index is 778. The number of aromatic amines is 2. The summed E-state index contributed by atoms with van der Waals surface area (Å²) in [6.45, 7) is 1.27. The second-order valence-electron chi connectivity index (χ2n) is 4.90. The third kappa shape index (κ3) is 2.90. The quantitative estimate of drug-likeness (QED) is 0.643. The number of piperidine rings is 1. The molecule has 1 aromatic rings. The van der Waals surface area contributed by atoms with Crippen molar-refractivity contribution in [2.24, 2.45) is 5.92 Å². The van der Waals surface area contributed by atoms with Crippen LogP contribution in [0.2, 0.25) is 0 Å². The van der Waals surface area contributed by atoms with Crippen LogP contribution in [0.4, 0.5) is 0 Å². The summed E-state index contributed by atoms with van der Waals surface area (Å²) in [5.74, 6) is -1.86. The van der Waals surface area contributed by atoms with Crippen LogP contribution >= 0.6 is 0 Å². The molecule has 0 saturated carbocycles. The molecule has 0 bridgehead atoms. The smallest absolute Gasteiger partial charge is 0.325 e. The van der Waals surface area contributed by atoms with Gasteiger partial charge in [0, 0.05) is 18.8 Å². The van der Waals surface area contributed by atoms with Crippen molar-refractivity contribution >= 4 is 16.0 Å². The molecule has 0 amide bonds. The standard InChI is InChI=1S/C11H15N3O6S/c1-6-8(9(15)13-11(18)12-6)21(19,20)14-4-2-3-7(5-14)10(16)17/h7H,2-5H2,1H3,(H,16,17)(H2,12,13,15,18). The molecule has 1 aliphatic rings. The van der Waals surface area contributed by atoms with Crippen molar-refractivity contribution in [3.63, 3.8) is 0 Å². The number of sulfonamides is 1. The number of nitrogens with one attached hydrogen (secondary N) is 2. The number of hydrogen-bond donors (Lipinski definition) is 3. The zero-order chi connectivity index (χ0) is 15.8.